The first-order valence-electron chi connectivity index (χ1n) is 7.61. The maximum absolute atomic E-state index is 13.2. The van der Waals surface area contributed by atoms with Crippen molar-refractivity contribution >= 4 is 59.7 Å². The van der Waals surface area contributed by atoms with E-state index in [0.717, 1.165) is 11.3 Å². The van der Waals surface area contributed by atoms with E-state index in [1.54, 1.807) is 12.1 Å². The van der Waals surface area contributed by atoms with Gasteiger partial charge >= 0.3 is 0 Å². The second-order valence-corrected chi connectivity index (χ2v) is 8.37. The first-order chi connectivity index (χ1) is 12.4. The molecule has 0 aliphatic heterocycles. The number of sulfonamides is 1. The standard InChI is InChI=1S/C16H15FN4O2S3/c1-2-18-15(24)19-11-4-6-12(7-5-11)26(22,23)21-16-20-13-8-3-10(17)9-14(13)25-16/h3-9H,2H2,1H3,(H,20,21)(H2,18,19,24). The van der Waals surface area contributed by atoms with Crippen LogP contribution in [0.4, 0.5) is 15.2 Å². The normalized spacial score (nSPS) is 11.3. The van der Waals surface area contributed by atoms with Crippen LogP contribution in [0.2, 0.25) is 0 Å². The monoisotopic (exact) mass is 410 g/mol. The Labute approximate surface area is 159 Å². The van der Waals surface area contributed by atoms with E-state index in [1.165, 1.54) is 30.3 Å². The van der Waals surface area contributed by atoms with Crippen molar-refractivity contribution in [3.8, 4) is 0 Å². The number of halogens is 1. The van der Waals surface area contributed by atoms with E-state index in [2.05, 4.69) is 20.3 Å². The second-order valence-electron chi connectivity index (χ2n) is 5.25. The SMILES string of the molecule is CCNC(=S)Nc1ccc(S(=O)(=O)Nc2nc3ccc(F)cc3s2)cc1. The van der Waals surface area contributed by atoms with Gasteiger partial charge in [-0.05, 0) is 61.6 Å². The van der Waals surface area contributed by atoms with Crippen molar-refractivity contribution < 1.29 is 12.8 Å². The van der Waals surface area contributed by atoms with E-state index >= 15 is 0 Å². The zero-order valence-corrected chi connectivity index (χ0v) is 16.1. The molecule has 0 saturated heterocycles. The van der Waals surface area contributed by atoms with Gasteiger partial charge in [0.25, 0.3) is 10.0 Å². The summed E-state index contributed by atoms with van der Waals surface area (Å²) in [6.45, 7) is 2.61. The molecule has 3 aromatic rings. The number of nitrogens with zero attached hydrogens (tertiary/aromatic N) is 1. The van der Waals surface area contributed by atoms with Crippen molar-refractivity contribution in [3.05, 3.63) is 48.3 Å². The van der Waals surface area contributed by atoms with E-state index in [1.807, 2.05) is 6.92 Å². The fourth-order valence-corrected chi connectivity index (χ4v) is 4.56. The Bertz CT molecular complexity index is 1050. The molecule has 3 N–H and O–H groups in total. The molecule has 0 atom stereocenters. The first kappa shape index (κ1) is 18.5. The predicted octanol–water partition coefficient (Wildman–Crippen LogP) is 3.54. The van der Waals surface area contributed by atoms with Gasteiger partial charge < -0.3 is 10.6 Å². The number of thiocarbonyl (C=S) groups is 1. The van der Waals surface area contributed by atoms with Crippen LogP contribution in [-0.2, 0) is 10.0 Å². The Hall–Kier alpha value is -2.30. The molecule has 0 unspecified atom stereocenters. The molecule has 0 aliphatic rings. The van der Waals surface area contributed by atoms with Gasteiger partial charge in [-0.1, -0.05) is 11.3 Å². The number of hydrogen-bond acceptors (Lipinski definition) is 5. The lowest BCUT2D eigenvalue weighted by atomic mass is 10.3. The summed E-state index contributed by atoms with van der Waals surface area (Å²) in [5.74, 6) is -0.394. The Balaban J connectivity index is 1.77. The minimum Gasteiger partial charge on any atom is -0.363 e. The Morgan fingerprint density at radius 1 is 1.23 bits per heavy atom. The Kier molecular flexibility index (Phi) is 5.35. The minimum absolute atomic E-state index is 0.0860. The molecule has 0 aliphatic carbocycles. The van der Waals surface area contributed by atoms with E-state index in [9.17, 15) is 12.8 Å². The number of nitrogens with one attached hydrogen (secondary N) is 3. The zero-order chi connectivity index (χ0) is 18.7. The van der Waals surface area contributed by atoms with Crippen LogP contribution in [0.15, 0.2) is 47.4 Å². The quantitative estimate of drug-likeness (QED) is 0.558. The van der Waals surface area contributed by atoms with Crippen molar-refractivity contribution in [1.82, 2.24) is 10.3 Å². The largest absolute Gasteiger partial charge is 0.363 e. The number of thiazole rings is 1. The van der Waals surface area contributed by atoms with Gasteiger partial charge in [0.2, 0.25) is 0 Å². The molecule has 2 aromatic carbocycles. The van der Waals surface area contributed by atoms with Crippen molar-refractivity contribution in [2.45, 2.75) is 11.8 Å². The van der Waals surface area contributed by atoms with Crippen LogP contribution in [0, 0.1) is 5.82 Å². The summed E-state index contributed by atoms with van der Waals surface area (Å²) in [5.41, 5.74) is 1.20. The highest BCUT2D eigenvalue weighted by Crippen LogP contribution is 2.28. The number of rotatable bonds is 5. The third kappa shape index (κ3) is 4.26. The van der Waals surface area contributed by atoms with Crippen molar-refractivity contribution in [1.29, 1.82) is 0 Å². The maximum Gasteiger partial charge on any atom is 0.263 e. The van der Waals surface area contributed by atoms with Crippen LogP contribution in [0.1, 0.15) is 6.92 Å². The smallest absolute Gasteiger partial charge is 0.263 e. The summed E-state index contributed by atoms with van der Waals surface area (Å²) >= 11 is 6.15. The second kappa shape index (κ2) is 7.52. The summed E-state index contributed by atoms with van der Waals surface area (Å²) in [6.07, 6.45) is 0. The van der Waals surface area contributed by atoms with Gasteiger partial charge in [-0.3, -0.25) is 4.72 Å². The lowest BCUT2D eigenvalue weighted by Crippen LogP contribution is -2.27. The molecular weight excluding hydrogens is 395 g/mol. The lowest BCUT2D eigenvalue weighted by Gasteiger charge is -2.10. The Morgan fingerprint density at radius 2 is 1.96 bits per heavy atom. The molecule has 0 bridgehead atoms. The molecule has 26 heavy (non-hydrogen) atoms. The molecule has 10 heteroatoms. The third-order valence-electron chi connectivity index (χ3n) is 3.33. The van der Waals surface area contributed by atoms with Crippen LogP contribution >= 0.6 is 23.6 Å². The molecular formula is C16H15FN4O2S3. The third-order valence-corrected chi connectivity index (χ3v) is 6.00. The summed E-state index contributed by atoms with van der Waals surface area (Å²) in [4.78, 5) is 4.25. The van der Waals surface area contributed by atoms with Crippen LogP contribution in [-0.4, -0.2) is 25.1 Å². The van der Waals surface area contributed by atoms with Crippen LogP contribution in [0.3, 0.4) is 0 Å². The molecule has 3 rings (SSSR count). The number of hydrogen-bond donors (Lipinski definition) is 3. The highest BCUT2D eigenvalue weighted by Gasteiger charge is 2.17. The van der Waals surface area contributed by atoms with E-state index < -0.39 is 15.8 Å². The van der Waals surface area contributed by atoms with E-state index in [-0.39, 0.29) is 10.0 Å². The minimum atomic E-state index is -3.80. The van der Waals surface area contributed by atoms with E-state index in [4.69, 9.17) is 12.2 Å². The van der Waals surface area contributed by atoms with Crippen LogP contribution < -0.4 is 15.4 Å². The highest BCUT2D eigenvalue weighted by molar-refractivity contribution is 7.93. The fraction of sp³-hybridized carbons (Fsp3) is 0.125. The van der Waals surface area contributed by atoms with Gasteiger partial charge in [0.05, 0.1) is 15.1 Å². The summed E-state index contributed by atoms with van der Waals surface area (Å²) in [6, 6.07) is 10.3. The number of aromatic nitrogens is 1. The average molecular weight is 411 g/mol. The summed E-state index contributed by atoms with van der Waals surface area (Å²) in [5, 5.41) is 6.54. The topological polar surface area (TPSA) is 83.1 Å². The molecule has 0 amide bonds. The molecule has 6 nitrogen and oxygen atoms in total. The number of benzene rings is 2. The molecule has 0 fully saturated rings. The summed E-state index contributed by atoms with van der Waals surface area (Å²) < 4.78 is 41.2. The van der Waals surface area contributed by atoms with Crippen LogP contribution in [0.5, 0.6) is 0 Å². The lowest BCUT2D eigenvalue weighted by molar-refractivity contribution is 0.601. The van der Waals surface area contributed by atoms with E-state index in [0.29, 0.717) is 27.6 Å². The molecule has 136 valence electrons. The van der Waals surface area contributed by atoms with Crippen LogP contribution in [0.25, 0.3) is 10.2 Å². The van der Waals surface area contributed by atoms with Gasteiger partial charge in [0.1, 0.15) is 5.82 Å². The van der Waals surface area contributed by atoms with Crippen molar-refractivity contribution in [2.24, 2.45) is 0 Å². The Morgan fingerprint density at radius 3 is 2.65 bits per heavy atom. The van der Waals surface area contributed by atoms with Gasteiger partial charge in [-0.15, -0.1) is 0 Å². The average Bonchev–Trinajstić information content (AvgIpc) is 2.96. The molecule has 0 radical (unpaired) electrons. The fourth-order valence-electron chi connectivity index (χ4n) is 2.17. The van der Waals surface area contributed by atoms with Gasteiger partial charge in [-0.2, -0.15) is 0 Å². The molecule has 0 saturated carbocycles. The predicted molar refractivity (Wildman–Crippen MR) is 107 cm³/mol. The van der Waals surface area contributed by atoms with Crippen molar-refractivity contribution in [2.75, 3.05) is 16.6 Å². The first-order valence-corrected chi connectivity index (χ1v) is 10.3. The van der Waals surface area contributed by atoms with Gasteiger partial charge in [0, 0.05) is 12.2 Å². The van der Waals surface area contributed by atoms with Gasteiger partial charge in [-0.25, -0.2) is 17.8 Å². The number of anilines is 2. The molecule has 0 spiro atoms. The maximum atomic E-state index is 13.2. The molecule has 1 heterocycles. The molecule has 1 aromatic heterocycles. The summed E-state index contributed by atoms with van der Waals surface area (Å²) in [7, 11) is -3.80. The highest BCUT2D eigenvalue weighted by atomic mass is 32.2. The zero-order valence-electron chi connectivity index (χ0n) is 13.6. The number of fused-ring (bicyclic) bond motifs is 1. The van der Waals surface area contributed by atoms with Gasteiger partial charge in [0.15, 0.2) is 10.2 Å². The van der Waals surface area contributed by atoms with Crippen molar-refractivity contribution in [3.63, 3.8) is 0 Å².